The van der Waals surface area contributed by atoms with Crippen LogP contribution in [0.3, 0.4) is 0 Å². The van der Waals surface area contributed by atoms with E-state index in [0.29, 0.717) is 13.2 Å². The van der Waals surface area contributed by atoms with Crippen LogP contribution in [0.4, 0.5) is 8.78 Å². The van der Waals surface area contributed by atoms with Gasteiger partial charge in [0, 0.05) is 12.7 Å². The molecule has 0 saturated carbocycles. The zero-order valence-electron chi connectivity index (χ0n) is 10.8. The summed E-state index contributed by atoms with van der Waals surface area (Å²) < 4.78 is 31.4. The minimum absolute atomic E-state index is 0.174. The molecule has 1 aromatic carbocycles. The minimum atomic E-state index is -2.80. The predicted octanol–water partition coefficient (Wildman–Crippen LogP) is 3.34. The summed E-state index contributed by atoms with van der Waals surface area (Å²) in [5, 5.41) is 4.16. The standard InChI is InChI=1S/C13H14BrF2N3O/c1-18(9-19-8-11(14)6-17-19)7-10-3-2-4-12(5-10)20-13(15)16/h2-6,8,13H,7,9H2,1H3. The first-order chi connectivity index (χ1) is 9.52. The largest absolute Gasteiger partial charge is 0.435 e. The Morgan fingerprint density at radius 2 is 2.25 bits per heavy atom. The molecule has 0 spiro atoms. The van der Waals surface area contributed by atoms with Crippen molar-refractivity contribution in [3.8, 4) is 5.75 Å². The highest BCUT2D eigenvalue weighted by Gasteiger charge is 2.07. The van der Waals surface area contributed by atoms with Crippen LogP contribution in [0, 0.1) is 0 Å². The summed E-state index contributed by atoms with van der Waals surface area (Å²) in [4.78, 5) is 2.01. The van der Waals surface area contributed by atoms with Gasteiger partial charge in [0.1, 0.15) is 5.75 Å². The van der Waals surface area contributed by atoms with Crippen LogP contribution < -0.4 is 4.74 Å². The first-order valence-electron chi connectivity index (χ1n) is 5.93. The molecule has 0 N–H and O–H groups in total. The number of ether oxygens (including phenoxy) is 1. The van der Waals surface area contributed by atoms with E-state index >= 15 is 0 Å². The van der Waals surface area contributed by atoms with Crippen molar-refractivity contribution in [3.63, 3.8) is 0 Å². The van der Waals surface area contributed by atoms with Crippen molar-refractivity contribution in [3.05, 3.63) is 46.7 Å². The monoisotopic (exact) mass is 345 g/mol. The molecule has 0 aliphatic carbocycles. The van der Waals surface area contributed by atoms with Crippen LogP contribution in [0.1, 0.15) is 5.56 Å². The lowest BCUT2D eigenvalue weighted by Gasteiger charge is -2.17. The van der Waals surface area contributed by atoms with E-state index in [9.17, 15) is 8.78 Å². The molecule has 2 rings (SSSR count). The fourth-order valence-corrected chi connectivity index (χ4v) is 2.17. The van der Waals surface area contributed by atoms with Crippen LogP contribution in [0.25, 0.3) is 0 Å². The molecule has 0 amide bonds. The van der Waals surface area contributed by atoms with E-state index in [2.05, 4.69) is 25.8 Å². The zero-order valence-corrected chi connectivity index (χ0v) is 12.4. The second kappa shape index (κ2) is 6.81. The van der Waals surface area contributed by atoms with Crippen molar-refractivity contribution in [1.29, 1.82) is 0 Å². The minimum Gasteiger partial charge on any atom is -0.435 e. The van der Waals surface area contributed by atoms with Gasteiger partial charge in [-0.2, -0.15) is 13.9 Å². The quantitative estimate of drug-likeness (QED) is 0.804. The van der Waals surface area contributed by atoms with E-state index in [4.69, 9.17) is 0 Å². The van der Waals surface area contributed by atoms with Gasteiger partial charge in [-0.15, -0.1) is 0 Å². The molecule has 0 saturated heterocycles. The third-order valence-corrected chi connectivity index (χ3v) is 2.97. The molecule has 20 heavy (non-hydrogen) atoms. The van der Waals surface area contributed by atoms with Crippen molar-refractivity contribution in [2.24, 2.45) is 0 Å². The van der Waals surface area contributed by atoms with Gasteiger partial charge in [0.15, 0.2) is 0 Å². The Morgan fingerprint density at radius 3 is 2.90 bits per heavy atom. The summed E-state index contributed by atoms with van der Waals surface area (Å²) in [7, 11) is 1.93. The van der Waals surface area contributed by atoms with Crippen molar-refractivity contribution in [1.82, 2.24) is 14.7 Å². The van der Waals surface area contributed by atoms with Gasteiger partial charge in [-0.1, -0.05) is 12.1 Å². The lowest BCUT2D eigenvalue weighted by Crippen LogP contribution is -2.21. The molecule has 0 aliphatic rings. The molecule has 0 bridgehead atoms. The molecule has 4 nitrogen and oxygen atoms in total. The fourth-order valence-electron chi connectivity index (χ4n) is 1.84. The van der Waals surface area contributed by atoms with Gasteiger partial charge >= 0.3 is 6.61 Å². The average Bonchev–Trinajstić information content (AvgIpc) is 2.74. The molecular formula is C13H14BrF2N3O. The van der Waals surface area contributed by atoms with Gasteiger partial charge < -0.3 is 4.74 Å². The van der Waals surface area contributed by atoms with E-state index in [1.807, 2.05) is 24.2 Å². The molecule has 0 atom stereocenters. The van der Waals surface area contributed by atoms with Crippen LogP contribution in [0.2, 0.25) is 0 Å². The van der Waals surface area contributed by atoms with Gasteiger partial charge in [-0.25, -0.2) is 0 Å². The van der Waals surface area contributed by atoms with Crippen LogP contribution in [-0.4, -0.2) is 28.3 Å². The second-order valence-corrected chi connectivity index (χ2v) is 5.30. The van der Waals surface area contributed by atoms with Gasteiger partial charge in [-0.05, 0) is 40.7 Å². The summed E-state index contributed by atoms with van der Waals surface area (Å²) in [5.41, 5.74) is 0.900. The number of nitrogens with zero attached hydrogens (tertiary/aromatic N) is 3. The Bertz CT molecular complexity index is 562. The van der Waals surface area contributed by atoms with Crippen LogP contribution in [0.15, 0.2) is 41.1 Å². The molecule has 1 heterocycles. The number of benzene rings is 1. The number of aromatic nitrogens is 2. The summed E-state index contributed by atoms with van der Waals surface area (Å²) in [5.74, 6) is 0.174. The van der Waals surface area contributed by atoms with Gasteiger partial charge in [0.25, 0.3) is 0 Å². The maximum absolute atomic E-state index is 12.2. The number of hydrogen-bond donors (Lipinski definition) is 0. The molecule has 2 aromatic rings. The van der Waals surface area contributed by atoms with Crippen molar-refractivity contribution >= 4 is 15.9 Å². The van der Waals surface area contributed by atoms with Gasteiger partial charge in [-0.3, -0.25) is 9.58 Å². The average molecular weight is 346 g/mol. The zero-order chi connectivity index (χ0) is 14.5. The number of hydrogen-bond acceptors (Lipinski definition) is 3. The Kier molecular flexibility index (Phi) is 5.08. The van der Waals surface area contributed by atoms with Crippen LogP contribution >= 0.6 is 15.9 Å². The summed E-state index contributed by atoms with van der Waals surface area (Å²) in [6, 6.07) is 6.70. The Balaban J connectivity index is 1.95. The normalized spacial score (nSPS) is 11.3. The van der Waals surface area contributed by atoms with Gasteiger partial charge in [0.05, 0.1) is 17.3 Å². The highest BCUT2D eigenvalue weighted by Crippen LogP contribution is 2.17. The molecule has 0 aliphatic heterocycles. The fraction of sp³-hybridized carbons (Fsp3) is 0.308. The van der Waals surface area contributed by atoms with E-state index in [-0.39, 0.29) is 5.75 Å². The highest BCUT2D eigenvalue weighted by molar-refractivity contribution is 9.10. The predicted molar refractivity (Wildman–Crippen MR) is 74.5 cm³/mol. The lowest BCUT2D eigenvalue weighted by atomic mass is 10.2. The Hall–Kier alpha value is -1.47. The van der Waals surface area contributed by atoms with E-state index < -0.39 is 6.61 Å². The summed E-state index contributed by atoms with van der Waals surface area (Å²) in [6.45, 7) is -1.59. The van der Waals surface area contributed by atoms with Crippen LogP contribution in [-0.2, 0) is 13.2 Å². The summed E-state index contributed by atoms with van der Waals surface area (Å²) >= 11 is 3.33. The third-order valence-electron chi connectivity index (χ3n) is 2.56. The topological polar surface area (TPSA) is 30.3 Å². The molecule has 0 fully saturated rings. The SMILES string of the molecule is CN(Cc1cccc(OC(F)F)c1)Cn1cc(Br)cn1. The molecular weight excluding hydrogens is 332 g/mol. The molecule has 0 unspecified atom stereocenters. The highest BCUT2D eigenvalue weighted by atomic mass is 79.9. The Morgan fingerprint density at radius 1 is 1.45 bits per heavy atom. The summed E-state index contributed by atoms with van der Waals surface area (Å²) in [6.07, 6.45) is 3.58. The Labute approximate surface area is 124 Å². The molecule has 108 valence electrons. The van der Waals surface area contributed by atoms with Crippen LogP contribution in [0.5, 0.6) is 5.75 Å². The van der Waals surface area contributed by atoms with Crippen molar-refractivity contribution in [2.45, 2.75) is 19.8 Å². The molecule has 1 aromatic heterocycles. The van der Waals surface area contributed by atoms with E-state index in [1.165, 1.54) is 6.07 Å². The van der Waals surface area contributed by atoms with E-state index in [0.717, 1.165) is 10.0 Å². The molecule has 7 heteroatoms. The number of rotatable bonds is 6. The lowest BCUT2D eigenvalue weighted by molar-refractivity contribution is -0.0499. The van der Waals surface area contributed by atoms with Crippen molar-refractivity contribution in [2.75, 3.05) is 7.05 Å². The van der Waals surface area contributed by atoms with Gasteiger partial charge in [0.2, 0.25) is 0 Å². The maximum Gasteiger partial charge on any atom is 0.387 e. The molecule has 0 radical (unpaired) electrons. The number of alkyl halides is 2. The number of halogens is 3. The maximum atomic E-state index is 12.2. The smallest absolute Gasteiger partial charge is 0.387 e. The first kappa shape index (κ1) is 14.9. The second-order valence-electron chi connectivity index (χ2n) is 4.38. The van der Waals surface area contributed by atoms with Crippen molar-refractivity contribution < 1.29 is 13.5 Å². The third kappa shape index (κ3) is 4.57. The van der Waals surface area contributed by atoms with E-state index in [1.54, 1.807) is 23.0 Å². The first-order valence-corrected chi connectivity index (χ1v) is 6.72.